The predicted octanol–water partition coefficient (Wildman–Crippen LogP) is 1.96. The minimum absolute atomic E-state index is 0.106. The Morgan fingerprint density at radius 1 is 1.25 bits per heavy atom. The molecule has 3 aromatic heterocycles. The quantitative estimate of drug-likeness (QED) is 0.654. The van der Waals surface area contributed by atoms with Crippen LogP contribution in [0.4, 0.5) is 0 Å². The molecule has 1 aliphatic rings. The summed E-state index contributed by atoms with van der Waals surface area (Å²) in [6.07, 6.45) is 12.6. The van der Waals surface area contributed by atoms with E-state index in [0.29, 0.717) is 12.5 Å². The Kier molecular flexibility index (Phi) is 5.45. The molecule has 1 saturated heterocycles. The van der Waals surface area contributed by atoms with Crippen molar-refractivity contribution in [1.29, 1.82) is 0 Å². The zero-order valence-electron chi connectivity index (χ0n) is 16.1. The second-order valence-corrected chi connectivity index (χ2v) is 7.39. The van der Waals surface area contributed by atoms with Gasteiger partial charge in [0.2, 0.25) is 5.91 Å². The summed E-state index contributed by atoms with van der Waals surface area (Å²) in [6.45, 7) is 4.83. The van der Waals surface area contributed by atoms with Crippen molar-refractivity contribution in [2.24, 2.45) is 5.92 Å². The number of aromatic nitrogens is 6. The molecule has 146 valence electrons. The van der Waals surface area contributed by atoms with E-state index in [1.165, 1.54) is 6.33 Å². The van der Waals surface area contributed by atoms with Gasteiger partial charge in [-0.3, -0.25) is 14.5 Å². The topological polar surface area (TPSA) is 81.7 Å². The van der Waals surface area contributed by atoms with Crippen molar-refractivity contribution in [3.63, 3.8) is 0 Å². The zero-order chi connectivity index (χ0) is 19.3. The molecule has 8 nitrogen and oxygen atoms in total. The summed E-state index contributed by atoms with van der Waals surface area (Å²) < 4.78 is 3.91. The Balaban J connectivity index is 1.34. The van der Waals surface area contributed by atoms with Crippen LogP contribution in [0.2, 0.25) is 0 Å². The Hall–Kier alpha value is -3.03. The molecule has 0 saturated carbocycles. The largest absolute Gasteiger partial charge is 0.342 e. The Labute approximate surface area is 164 Å². The predicted molar refractivity (Wildman–Crippen MR) is 103 cm³/mol. The number of hydrogen-bond acceptors (Lipinski definition) is 5. The number of pyridine rings is 1. The fraction of sp³-hybridized carbons (Fsp3) is 0.450. The lowest BCUT2D eigenvalue weighted by molar-refractivity contribution is -0.136. The second kappa shape index (κ2) is 8.33. The van der Waals surface area contributed by atoms with Crippen molar-refractivity contribution >= 4 is 5.91 Å². The molecule has 0 bridgehead atoms. The maximum Gasteiger partial charge on any atom is 0.227 e. The maximum atomic E-state index is 12.8. The first kappa shape index (κ1) is 18.3. The summed E-state index contributed by atoms with van der Waals surface area (Å²) in [5, 5.41) is 4.09. The van der Waals surface area contributed by atoms with Crippen molar-refractivity contribution in [1.82, 2.24) is 34.2 Å². The second-order valence-electron chi connectivity index (χ2n) is 7.39. The van der Waals surface area contributed by atoms with Gasteiger partial charge in [-0.25, -0.2) is 9.97 Å². The molecule has 0 radical (unpaired) electrons. The van der Waals surface area contributed by atoms with E-state index in [9.17, 15) is 4.79 Å². The number of nitrogens with zero attached hydrogens (tertiary/aromatic N) is 7. The number of likely N-dealkylation sites (tertiary alicyclic amines) is 1. The van der Waals surface area contributed by atoms with E-state index in [1.54, 1.807) is 17.2 Å². The van der Waals surface area contributed by atoms with Crippen molar-refractivity contribution in [3.05, 3.63) is 61.0 Å². The number of imidazole rings is 1. The van der Waals surface area contributed by atoms with Gasteiger partial charge in [0, 0.05) is 43.8 Å². The Morgan fingerprint density at radius 2 is 2.11 bits per heavy atom. The molecule has 4 rings (SSSR count). The van der Waals surface area contributed by atoms with Gasteiger partial charge in [0.05, 0.1) is 19.0 Å². The van der Waals surface area contributed by atoms with Crippen LogP contribution in [0.15, 0.2) is 49.6 Å². The Morgan fingerprint density at radius 3 is 2.82 bits per heavy atom. The minimum Gasteiger partial charge on any atom is -0.342 e. The summed E-state index contributed by atoms with van der Waals surface area (Å²) in [7, 11) is 0. The monoisotopic (exact) mass is 379 g/mol. The standard InChI is InChI=1S/C20H25N7O/c1-16(12-27-15-22-14-24-27)20(28)25-8-4-18(5-9-25)19-23-7-10-26(19)13-17-3-2-6-21-11-17/h2-3,6-7,10-11,14-16,18H,4-5,8-9,12-13H2,1H3/t16-/m0/s1. The van der Waals surface area contributed by atoms with Crippen LogP contribution in [-0.4, -0.2) is 53.2 Å². The number of rotatable bonds is 6. The first-order valence-corrected chi connectivity index (χ1v) is 9.72. The molecule has 28 heavy (non-hydrogen) atoms. The van der Waals surface area contributed by atoms with Crippen LogP contribution in [0.3, 0.4) is 0 Å². The maximum absolute atomic E-state index is 12.8. The molecule has 1 aliphatic heterocycles. The van der Waals surface area contributed by atoms with Crippen LogP contribution in [0.5, 0.6) is 0 Å². The highest BCUT2D eigenvalue weighted by atomic mass is 16.2. The van der Waals surface area contributed by atoms with Gasteiger partial charge < -0.3 is 9.47 Å². The van der Waals surface area contributed by atoms with Gasteiger partial charge >= 0.3 is 0 Å². The molecule has 0 spiro atoms. The van der Waals surface area contributed by atoms with E-state index >= 15 is 0 Å². The molecule has 1 fully saturated rings. The minimum atomic E-state index is -0.106. The van der Waals surface area contributed by atoms with E-state index in [0.717, 1.165) is 43.9 Å². The van der Waals surface area contributed by atoms with Gasteiger partial charge in [-0.15, -0.1) is 0 Å². The number of carbonyl (C=O) groups is 1. The van der Waals surface area contributed by atoms with Crippen molar-refractivity contribution in [2.75, 3.05) is 13.1 Å². The first-order valence-electron chi connectivity index (χ1n) is 9.72. The summed E-state index contributed by atoms with van der Waals surface area (Å²) in [6, 6.07) is 4.03. The van der Waals surface area contributed by atoms with Gasteiger partial charge in [0.25, 0.3) is 0 Å². The molecular weight excluding hydrogens is 354 g/mol. The summed E-state index contributed by atoms with van der Waals surface area (Å²) in [4.78, 5) is 27.5. The van der Waals surface area contributed by atoms with Crippen molar-refractivity contribution in [3.8, 4) is 0 Å². The normalized spacial score (nSPS) is 16.2. The van der Waals surface area contributed by atoms with Crippen LogP contribution in [-0.2, 0) is 17.9 Å². The zero-order valence-corrected chi connectivity index (χ0v) is 16.1. The van der Waals surface area contributed by atoms with Crippen molar-refractivity contribution < 1.29 is 4.79 Å². The van der Waals surface area contributed by atoms with Gasteiger partial charge in [-0.1, -0.05) is 13.0 Å². The molecule has 1 amide bonds. The summed E-state index contributed by atoms with van der Waals surface area (Å²) >= 11 is 0. The van der Waals surface area contributed by atoms with E-state index in [-0.39, 0.29) is 11.8 Å². The molecule has 4 heterocycles. The molecule has 8 heteroatoms. The van der Waals surface area contributed by atoms with Gasteiger partial charge in [-0.2, -0.15) is 5.10 Å². The lowest BCUT2D eigenvalue weighted by atomic mass is 9.95. The van der Waals surface area contributed by atoms with Crippen LogP contribution in [0.25, 0.3) is 0 Å². The fourth-order valence-corrected chi connectivity index (χ4v) is 3.86. The number of hydrogen-bond donors (Lipinski definition) is 0. The van der Waals surface area contributed by atoms with Crippen LogP contribution in [0.1, 0.15) is 37.1 Å². The van der Waals surface area contributed by atoms with E-state index in [4.69, 9.17) is 0 Å². The number of piperidine rings is 1. The third-order valence-corrected chi connectivity index (χ3v) is 5.34. The van der Waals surface area contributed by atoms with Crippen LogP contribution < -0.4 is 0 Å². The highest BCUT2D eigenvalue weighted by Gasteiger charge is 2.28. The first-order chi connectivity index (χ1) is 13.7. The molecule has 0 unspecified atom stereocenters. The number of carbonyl (C=O) groups excluding carboxylic acids is 1. The van der Waals surface area contributed by atoms with Crippen LogP contribution >= 0.6 is 0 Å². The molecule has 3 aromatic rings. The number of amides is 1. The van der Waals surface area contributed by atoms with E-state index < -0.39 is 0 Å². The molecular formula is C20H25N7O. The van der Waals surface area contributed by atoms with Gasteiger partial charge in [0.1, 0.15) is 18.5 Å². The Bertz CT molecular complexity index is 882. The van der Waals surface area contributed by atoms with E-state index in [1.807, 2.05) is 36.5 Å². The SMILES string of the molecule is C[C@@H](Cn1cncn1)C(=O)N1CCC(c2nccn2Cc2cccnc2)CC1. The summed E-state index contributed by atoms with van der Waals surface area (Å²) in [5.74, 6) is 1.56. The molecule has 0 N–H and O–H groups in total. The smallest absolute Gasteiger partial charge is 0.227 e. The third-order valence-electron chi connectivity index (χ3n) is 5.34. The highest BCUT2D eigenvalue weighted by molar-refractivity contribution is 5.78. The summed E-state index contributed by atoms with van der Waals surface area (Å²) in [5.41, 5.74) is 1.16. The fourth-order valence-electron chi connectivity index (χ4n) is 3.86. The van der Waals surface area contributed by atoms with Gasteiger partial charge in [-0.05, 0) is 24.5 Å². The molecule has 0 aromatic carbocycles. The third kappa shape index (κ3) is 4.11. The lowest BCUT2D eigenvalue weighted by Crippen LogP contribution is -2.42. The highest BCUT2D eigenvalue weighted by Crippen LogP contribution is 2.28. The van der Waals surface area contributed by atoms with Crippen molar-refractivity contribution in [2.45, 2.75) is 38.8 Å². The van der Waals surface area contributed by atoms with E-state index in [2.05, 4.69) is 30.7 Å². The van der Waals surface area contributed by atoms with Crippen LogP contribution in [0, 0.1) is 5.92 Å². The average Bonchev–Trinajstić information content (AvgIpc) is 3.40. The molecule has 0 aliphatic carbocycles. The average molecular weight is 379 g/mol. The van der Waals surface area contributed by atoms with Gasteiger partial charge in [0.15, 0.2) is 0 Å². The molecule has 1 atom stereocenters. The lowest BCUT2D eigenvalue weighted by Gasteiger charge is -2.33.